The van der Waals surface area contributed by atoms with E-state index in [1.807, 2.05) is 6.07 Å². The number of ether oxygens (including phenoxy) is 1. The SMILES string of the molecule is Cc1c2c(cc3c1N(Cc1cccc(F)c1)CCO3)CCNCC2. The zero-order valence-corrected chi connectivity index (χ0v) is 14.1. The number of halogens is 1. The molecule has 126 valence electrons. The highest BCUT2D eigenvalue weighted by atomic mass is 19.1. The molecule has 2 aliphatic rings. The second-order valence-corrected chi connectivity index (χ2v) is 6.64. The van der Waals surface area contributed by atoms with Crippen molar-refractivity contribution in [2.24, 2.45) is 0 Å². The molecule has 2 aromatic carbocycles. The van der Waals surface area contributed by atoms with Gasteiger partial charge in [0.05, 0.1) is 12.2 Å². The first-order valence-electron chi connectivity index (χ1n) is 8.70. The highest BCUT2D eigenvalue weighted by Crippen LogP contribution is 2.40. The van der Waals surface area contributed by atoms with Crippen LogP contribution in [0.3, 0.4) is 0 Å². The molecule has 0 saturated carbocycles. The first-order valence-corrected chi connectivity index (χ1v) is 8.70. The number of hydrogen-bond donors (Lipinski definition) is 1. The van der Waals surface area contributed by atoms with Crippen LogP contribution in [0, 0.1) is 12.7 Å². The molecule has 0 fully saturated rings. The molecule has 2 aromatic rings. The van der Waals surface area contributed by atoms with Gasteiger partial charge in [-0.1, -0.05) is 12.1 Å². The maximum atomic E-state index is 13.5. The zero-order chi connectivity index (χ0) is 16.5. The number of hydrogen-bond acceptors (Lipinski definition) is 3. The van der Waals surface area contributed by atoms with E-state index in [0.717, 1.165) is 43.8 Å². The lowest BCUT2D eigenvalue weighted by atomic mass is 9.94. The van der Waals surface area contributed by atoms with Crippen LogP contribution in [0.15, 0.2) is 30.3 Å². The number of fused-ring (bicyclic) bond motifs is 2. The molecule has 0 amide bonds. The Hall–Kier alpha value is -2.07. The molecular weight excluding hydrogens is 303 g/mol. The van der Waals surface area contributed by atoms with Gasteiger partial charge in [-0.3, -0.25) is 0 Å². The van der Waals surface area contributed by atoms with Crippen LogP contribution in [-0.2, 0) is 19.4 Å². The fraction of sp³-hybridized carbons (Fsp3) is 0.400. The number of nitrogens with zero attached hydrogens (tertiary/aromatic N) is 1. The molecule has 4 rings (SSSR count). The first kappa shape index (κ1) is 15.5. The Morgan fingerprint density at radius 3 is 2.96 bits per heavy atom. The van der Waals surface area contributed by atoms with Gasteiger partial charge in [-0.25, -0.2) is 4.39 Å². The maximum Gasteiger partial charge on any atom is 0.143 e. The van der Waals surface area contributed by atoms with E-state index in [9.17, 15) is 4.39 Å². The van der Waals surface area contributed by atoms with Gasteiger partial charge in [-0.05, 0) is 73.3 Å². The van der Waals surface area contributed by atoms with Gasteiger partial charge in [0.15, 0.2) is 0 Å². The first-order chi connectivity index (χ1) is 11.7. The summed E-state index contributed by atoms with van der Waals surface area (Å²) in [5.41, 5.74) is 6.37. The summed E-state index contributed by atoms with van der Waals surface area (Å²) >= 11 is 0. The lowest BCUT2D eigenvalue weighted by molar-refractivity contribution is 0.306. The van der Waals surface area contributed by atoms with Crippen LogP contribution in [0.5, 0.6) is 5.75 Å². The molecule has 3 nitrogen and oxygen atoms in total. The smallest absolute Gasteiger partial charge is 0.143 e. The molecule has 2 heterocycles. The van der Waals surface area contributed by atoms with E-state index in [0.29, 0.717) is 13.2 Å². The summed E-state index contributed by atoms with van der Waals surface area (Å²) in [5.74, 6) is 0.807. The van der Waals surface area contributed by atoms with Crippen molar-refractivity contribution in [1.29, 1.82) is 0 Å². The average Bonchev–Trinajstić information content (AvgIpc) is 2.81. The lowest BCUT2D eigenvalue weighted by Gasteiger charge is -2.34. The topological polar surface area (TPSA) is 24.5 Å². The van der Waals surface area contributed by atoms with Crippen molar-refractivity contribution in [3.63, 3.8) is 0 Å². The number of rotatable bonds is 2. The molecule has 0 radical (unpaired) electrons. The van der Waals surface area contributed by atoms with Crippen LogP contribution >= 0.6 is 0 Å². The molecule has 0 aliphatic carbocycles. The Kier molecular flexibility index (Phi) is 4.15. The third-order valence-electron chi connectivity index (χ3n) is 5.05. The third kappa shape index (κ3) is 2.86. The quantitative estimate of drug-likeness (QED) is 0.917. The summed E-state index contributed by atoms with van der Waals surface area (Å²) < 4.78 is 19.5. The summed E-state index contributed by atoms with van der Waals surface area (Å²) in [4.78, 5) is 2.33. The van der Waals surface area contributed by atoms with Gasteiger partial charge in [0.2, 0.25) is 0 Å². The Morgan fingerprint density at radius 1 is 1.21 bits per heavy atom. The molecule has 0 unspecified atom stereocenters. The molecule has 0 bridgehead atoms. The minimum absolute atomic E-state index is 0.175. The van der Waals surface area contributed by atoms with Gasteiger partial charge in [-0.15, -0.1) is 0 Å². The second kappa shape index (κ2) is 6.44. The predicted octanol–water partition coefficient (Wildman–Crippen LogP) is 3.22. The van der Waals surface area contributed by atoms with E-state index >= 15 is 0 Å². The number of benzene rings is 2. The molecule has 4 heteroatoms. The molecule has 1 N–H and O–H groups in total. The van der Waals surface area contributed by atoms with Gasteiger partial charge in [-0.2, -0.15) is 0 Å². The van der Waals surface area contributed by atoms with Crippen LogP contribution in [0.2, 0.25) is 0 Å². The molecule has 0 atom stereocenters. The molecular formula is C20H23FN2O. The normalized spacial score (nSPS) is 16.8. The Labute approximate surface area is 142 Å². The summed E-state index contributed by atoms with van der Waals surface area (Å²) in [6.07, 6.45) is 2.11. The van der Waals surface area contributed by atoms with Crippen molar-refractivity contribution in [1.82, 2.24) is 5.32 Å². The molecule has 0 saturated heterocycles. The average molecular weight is 326 g/mol. The Balaban J connectivity index is 1.72. The van der Waals surface area contributed by atoms with E-state index in [4.69, 9.17) is 4.74 Å². The van der Waals surface area contributed by atoms with Crippen molar-refractivity contribution in [2.45, 2.75) is 26.3 Å². The van der Waals surface area contributed by atoms with Crippen molar-refractivity contribution in [2.75, 3.05) is 31.1 Å². The molecule has 24 heavy (non-hydrogen) atoms. The van der Waals surface area contributed by atoms with Crippen LogP contribution in [0.4, 0.5) is 10.1 Å². The largest absolute Gasteiger partial charge is 0.490 e. The zero-order valence-electron chi connectivity index (χ0n) is 14.1. The highest BCUT2D eigenvalue weighted by molar-refractivity contribution is 5.69. The minimum Gasteiger partial charge on any atom is -0.490 e. The van der Waals surface area contributed by atoms with Gasteiger partial charge in [0.1, 0.15) is 18.2 Å². The summed E-state index contributed by atoms with van der Waals surface area (Å²) in [6.45, 7) is 6.48. The Bertz CT molecular complexity index is 760. The van der Waals surface area contributed by atoms with Crippen molar-refractivity contribution >= 4 is 5.69 Å². The van der Waals surface area contributed by atoms with E-state index in [1.165, 1.54) is 28.4 Å². The van der Waals surface area contributed by atoms with E-state index in [1.54, 1.807) is 12.1 Å². The maximum absolute atomic E-state index is 13.5. The van der Waals surface area contributed by atoms with E-state index < -0.39 is 0 Å². The second-order valence-electron chi connectivity index (χ2n) is 6.64. The fourth-order valence-electron chi connectivity index (χ4n) is 3.91. The lowest BCUT2D eigenvalue weighted by Crippen LogP contribution is -2.33. The molecule has 0 spiro atoms. The van der Waals surface area contributed by atoms with Crippen LogP contribution in [0.25, 0.3) is 0 Å². The number of anilines is 1. The van der Waals surface area contributed by atoms with Crippen molar-refractivity contribution in [3.8, 4) is 5.75 Å². The van der Waals surface area contributed by atoms with Gasteiger partial charge in [0, 0.05) is 6.54 Å². The molecule has 0 aromatic heterocycles. The third-order valence-corrected chi connectivity index (χ3v) is 5.05. The van der Waals surface area contributed by atoms with Crippen LogP contribution < -0.4 is 15.0 Å². The highest BCUT2D eigenvalue weighted by Gasteiger charge is 2.25. The molecule has 2 aliphatic heterocycles. The summed E-state index contributed by atoms with van der Waals surface area (Å²) in [6, 6.07) is 9.11. The Morgan fingerprint density at radius 2 is 2.08 bits per heavy atom. The monoisotopic (exact) mass is 326 g/mol. The minimum atomic E-state index is -0.175. The van der Waals surface area contributed by atoms with E-state index in [2.05, 4.69) is 23.2 Å². The van der Waals surface area contributed by atoms with Gasteiger partial charge >= 0.3 is 0 Å². The van der Waals surface area contributed by atoms with E-state index in [-0.39, 0.29) is 5.82 Å². The van der Waals surface area contributed by atoms with Crippen molar-refractivity contribution in [3.05, 3.63) is 58.4 Å². The van der Waals surface area contributed by atoms with Crippen LogP contribution in [0.1, 0.15) is 22.3 Å². The van der Waals surface area contributed by atoms with Crippen molar-refractivity contribution < 1.29 is 9.13 Å². The van der Waals surface area contributed by atoms with Gasteiger partial charge < -0.3 is 15.0 Å². The predicted molar refractivity (Wildman–Crippen MR) is 94.4 cm³/mol. The number of nitrogens with one attached hydrogen (secondary N) is 1. The standard InChI is InChI=1S/C20H23FN2O/c1-14-18-6-8-22-7-5-16(18)12-19-20(14)23(9-10-24-19)13-15-3-2-4-17(21)11-15/h2-4,11-12,22H,5-10,13H2,1H3. The van der Waals surface area contributed by atoms with Gasteiger partial charge in [0.25, 0.3) is 0 Å². The summed E-state index contributed by atoms with van der Waals surface area (Å²) in [5, 5.41) is 3.47. The summed E-state index contributed by atoms with van der Waals surface area (Å²) in [7, 11) is 0. The van der Waals surface area contributed by atoms with Crippen LogP contribution in [-0.4, -0.2) is 26.2 Å². The fourth-order valence-corrected chi connectivity index (χ4v) is 3.91.